The molecule has 0 fully saturated rings. The zero-order chi connectivity index (χ0) is 18.1. The Hall–Kier alpha value is -2.82. The van der Waals surface area contributed by atoms with Crippen molar-refractivity contribution < 1.29 is 13.5 Å². The van der Waals surface area contributed by atoms with E-state index >= 15 is 0 Å². The van der Waals surface area contributed by atoms with Crippen LogP contribution in [-0.4, -0.2) is 19.0 Å². The Morgan fingerprint density at radius 3 is 2.40 bits per heavy atom. The fraction of sp³-hybridized carbons (Fsp3) is 0.200. The third-order valence-electron chi connectivity index (χ3n) is 3.46. The molecule has 0 unspecified atom stereocenters. The molecule has 0 radical (unpaired) electrons. The van der Waals surface area contributed by atoms with Gasteiger partial charge >= 0.3 is 0 Å². The van der Waals surface area contributed by atoms with Gasteiger partial charge in [-0.1, -0.05) is 30.3 Å². The number of hydrogen-bond donors (Lipinski definition) is 0. The molecule has 2 rings (SSSR count). The van der Waals surface area contributed by atoms with Crippen molar-refractivity contribution in [3.05, 3.63) is 77.4 Å². The van der Waals surface area contributed by atoms with E-state index in [2.05, 4.69) is 16.8 Å². The van der Waals surface area contributed by atoms with Crippen molar-refractivity contribution in [3.63, 3.8) is 0 Å². The monoisotopic (exact) mass is 342 g/mol. The highest BCUT2D eigenvalue weighted by Gasteiger charge is 2.12. The molecule has 0 heterocycles. The molecule has 0 amide bonds. The Balaban J connectivity index is 2.01. The second-order valence-corrected chi connectivity index (χ2v) is 5.27. The summed E-state index contributed by atoms with van der Waals surface area (Å²) in [6.07, 6.45) is 6.48. The van der Waals surface area contributed by atoms with Crippen molar-refractivity contribution in [1.82, 2.24) is 0 Å². The first-order valence-corrected chi connectivity index (χ1v) is 8.02. The van der Waals surface area contributed by atoms with Crippen molar-refractivity contribution in [2.45, 2.75) is 19.8 Å². The third kappa shape index (κ3) is 5.35. The number of aryl methyl sites for hydroxylation is 1. The molecular weight excluding hydrogens is 322 g/mol. The molecule has 5 heteroatoms. The Morgan fingerprint density at radius 1 is 1.00 bits per heavy atom. The fourth-order valence-electron chi connectivity index (χ4n) is 2.15. The molecule has 0 saturated heterocycles. The third-order valence-corrected chi connectivity index (χ3v) is 3.46. The Morgan fingerprint density at radius 2 is 1.72 bits per heavy atom. The van der Waals surface area contributed by atoms with E-state index in [9.17, 15) is 8.78 Å². The van der Waals surface area contributed by atoms with E-state index < -0.39 is 11.6 Å². The topological polar surface area (TPSA) is 34.0 Å². The lowest BCUT2D eigenvalue weighted by atomic mass is 10.1. The van der Waals surface area contributed by atoms with Crippen LogP contribution in [0.3, 0.4) is 0 Å². The first-order chi connectivity index (χ1) is 12.2. The second kappa shape index (κ2) is 9.47. The van der Waals surface area contributed by atoms with E-state index in [4.69, 9.17) is 4.74 Å². The molecule has 0 aliphatic heterocycles. The van der Waals surface area contributed by atoms with E-state index in [1.807, 2.05) is 30.3 Å². The Bertz CT molecular complexity index is 768. The smallest absolute Gasteiger partial charge is 0.201 e. The van der Waals surface area contributed by atoms with Crippen LogP contribution in [0.5, 0.6) is 5.75 Å². The van der Waals surface area contributed by atoms with Crippen LogP contribution in [-0.2, 0) is 6.42 Å². The van der Waals surface area contributed by atoms with Crippen LogP contribution in [0.15, 0.2) is 59.3 Å². The Labute approximate surface area is 146 Å². The molecule has 0 bridgehead atoms. The highest BCUT2D eigenvalue weighted by molar-refractivity contribution is 5.83. The summed E-state index contributed by atoms with van der Waals surface area (Å²) in [6, 6.07) is 10.6. The lowest BCUT2D eigenvalue weighted by molar-refractivity contribution is 0.314. The minimum Gasteiger partial charge on any atom is -0.491 e. The van der Waals surface area contributed by atoms with Crippen LogP contribution in [0.2, 0.25) is 0 Å². The molecule has 0 saturated carbocycles. The highest BCUT2D eigenvalue weighted by Crippen LogP contribution is 2.21. The van der Waals surface area contributed by atoms with Gasteiger partial charge in [-0.15, -0.1) is 6.58 Å². The van der Waals surface area contributed by atoms with Gasteiger partial charge in [0.05, 0.1) is 19.0 Å². The summed E-state index contributed by atoms with van der Waals surface area (Å²) in [7, 11) is 0. The normalized spacial score (nSPS) is 11.3. The summed E-state index contributed by atoms with van der Waals surface area (Å²) < 4.78 is 32.6. The molecular formula is C20H20F2N2O. The average molecular weight is 342 g/mol. The molecule has 130 valence electrons. The summed E-state index contributed by atoms with van der Waals surface area (Å²) in [5, 5.41) is 7.64. The van der Waals surface area contributed by atoms with Crippen molar-refractivity contribution in [1.29, 1.82) is 0 Å². The maximum Gasteiger partial charge on any atom is 0.201 e. The minimum atomic E-state index is -1.02. The van der Waals surface area contributed by atoms with E-state index in [-0.39, 0.29) is 17.9 Å². The molecule has 3 nitrogen and oxygen atoms in total. The molecule has 0 aromatic heterocycles. The molecule has 0 aliphatic rings. The zero-order valence-corrected chi connectivity index (χ0v) is 14.1. The molecule has 0 atom stereocenters. The Kier molecular flexibility index (Phi) is 7.01. The number of nitrogens with zero attached hydrogens (tertiary/aromatic N) is 2. The van der Waals surface area contributed by atoms with Crippen LogP contribution < -0.4 is 4.74 Å². The maximum absolute atomic E-state index is 13.9. The van der Waals surface area contributed by atoms with Gasteiger partial charge in [0, 0.05) is 5.56 Å². The van der Waals surface area contributed by atoms with E-state index in [1.165, 1.54) is 23.9 Å². The predicted molar refractivity (Wildman–Crippen MR) is 97.7 cm³/mol. The number of benzene rings is 2. The molecule has 2 aromatic rings. The minimum absolute atomic E-state index is 0.0119. The number of allylic oxidation sites excluding steroid dienone is 1. The summed E-state index contributed by atoms with van der Waals surface area (Å²) in [5.41, 5.74) is 2.10. The van der Waals surface area contributed by atoms with E-state index in [0.29, 0.717) is 0 Å². The molecule has 0 N–H and O–H groups in total. The summed E-state index contributed by atoms with van der Waals surface area (Å²) in [5.74, 6) is -2.14. The van der Waals surface area contributed by atoms with E-state index in [0.717, 1.165) is 18.4 Å². The molecule has 25 heavy (non-hydrogen) atoms. The van der Waals surface area contributed by atoms with Crippen molar-refractivity contribution >= 4 is 12.4 Å². The predicted octanol–water partition coefficient (Wildman–Crippen LogP) is 4.94. The molecule has 0 spiro atoms. The van der Waals surface area contributed by atoms with E-state index in [1.54, 1.807) is 13.1 Å². The first-order valence-electron chi connectivity index (χ1n) is 8.02. The van der Waals surface area contributed by atoms with Gasteiger partial charge in [-0.2, -0.15) is 14.6 Å². The van der Waals surface area contributed by atoms with Crippen LogP contribution in [0.25, 0.3) is 0 Å². The molecule has 2 aromatic carbocycles. The number of ether oxygens (including phenoxy) is 1. The summed E-state index contributed by atoms with van der Waals surface area (Å²) in [6.45, 7) is 5.67. The van der Waals surface area contributed by atoms with Gasteiger partial charge in [0.1, 0.15) is 0 Å². The van der Waals surface area contributed by atoms with Gasteiger partial charge in [0.2, 0.25) is 5.82 Å². The van der Waals surface area contributed by atoms with Crippen LogP contribution in [0.1, 0.15) is 30.0 Å². The zero-order valence-electron chi connectivity index (χ0n) is 14.1. The highest BCUT2D eigenvalue weighted by atomic mass is 19.2. The lowest BCUT2D eigenvalue weighted by Gasteiger charge is -2.05. The van der Waals surface area contributed by atoms with Crippen molar-refractivity contribution in [3.8, 4) is 5.75 Å². The largest absolute Gasteiger partial charge is 0.491 e. The SMILES string of the molecule is C=CCCc1ccc(/C=N/N=C\c2ccc(OCC)c(F)c2F)cc1. The van der Waals surface area contributed by atoms with Gasteiger partial charge < -0.3 is 4.74 Å². The van der Waals surface area contributed by atoms with Crippen molar-refractivity contribution in [2.75, 3.05) is 6.61 Å². The lowest BCUT2D eigenvalue weighted by Crippen LogP contribution is -2.00. The standard InChI is InChI=1S/C20H20F2N2O/c1-3-5-6-15-7-9-16(10-8-15)13-23-24-14-17-11-12-18(25-4-2)20(22)19(17)21/h3,7-14H,1,4-6H2,2H3/b23-13+,24-14-. The van der Waals surface area contributed by atoms with Crippen LogP contribution in [0.4, 0.5) is 8.78 Å². The van der Waals surface area contributed by atoms with Gasteiger partial charge in [-0.25, -0.2) is 4.39 Å². The van der Waals surface area contributed by atoms with Gasteiger partial charge in [0.15, 0.2) is 11.6 Å². The fourth-order valence-corrected chi connectivity index (χ4v) is 2.15. The quantitative estimate of drug-likeness (QED) is 0.380. The number of halogens is 2. The average Bonchev–Trinajstić information content (AvgIpc) is 2.63. The summed E-state index contributed by atoms with van der Waals surface area (Å²) >= 11 is 0. The first kappa shape index (κ1) is 18.5. The number of hydrogen-bond acceptors (Lipinski definition) is 3. The van der Waals surface area contributed by atoms with Crippen molar-refractivity contribution in [2.24, 2.45) is 10.2 Å². The van der Waals surface area contributed by atoms with Gasteiger partial charge in [-0.05, 0) is 43.0 Å². The van der Waals surface area contributed by atoms with Gasteiger partial charge in [0.25, 0.3) is 0 Å². The summed E-state index contributed by atoms with van der Waals surface area (Å²) in [4.78, 5) is 0. The van der Waals surface area contributed by atoms with Gasteiger partial charge in [-0.3, -0.25) is 0 Å². The number of rotatable bonds is 8. The van der Waals surface area contributed by atoms with Crippen LogP contribution in [0, 0.1) is 11.6 Å². The maximum atomic E-state index is 13.9. The molecule has 0 aliphatic carbocycles. The van der Waals surface area contributed by atoms with Crippen LogP contribution >= 0.6 is 0 Å². The second-order valence-electron chi connectivity index (χ2n) is 5.27.